The average molecular weight is 200 g/mol. The lowest BCUT2D eigenvalue weighted by molar-refractivity contribution is -0.135. The van der Waals surface area contributed by atoms with Crippen LogP contribution in [0.3, 0.4) is 0 Å². The molecule has 1 aliphatic heterocycles. The van der Waals surface area contributed by atoms with Gasteiger partial charge in [-0.2, -0.15) is 0 Å². The molecule has 2 unspecified atom stereocenters. The molecular formula is C10H20N2O2. The zero-order valence-corrected chi connectivity index (χ0v) is 8.99. The molecule has 0 radical (unpaired) electrons. The normalized spacial score (nSPS) is 26.1. The molecule has 1 amide bonds. The second-order valence-electron chi connectivity index (χ2n) is 3.83. The Morgan fingerprint density at radius 2 is 2.43 bits per heavy atom. The molecule has 0 saturated carbocycles. The molecule has 1 saturated heterocycles. The summed E-state index contributed by atoms with van der Waals surface area (Å²) in [6, 6.07) is -0.122. The van der Waals surface area contributed by atoms with Crippen molar-refractivity contribution in [2.45, 2.75) is 38.8 Å². The fourth-order valence-corrected chi connectivity index (χ4v) is 1.72. The summed E-state index contributed by atoms with van der Waals surface area (Å²) in [5, 5.41) is 12.1. The van der Waals surface area contributed by atoms with Crippen LogP contribution in [0.5, 0.6) is 0 Å². The number of nitrogens with one attached hydrogen (secondary N) is 1. The zero-order chi connectivity index (χ0) is 10.6. The van der Waals surface area contributed by atoms with Gasteiger partial charge in [-0.15, -0.1) is 0 Å². The minimum absolute atomic E-state index is 0.0411. The van der Waals surface area contributed by atoms with E-state index < -0.39 is 6.04 Å². The predicted molar refractivity (Wildman–Crippen MR) is 55.0 cm³/mol. The van der Waals surface area contributed by atoms with Crippen molar-refractivity contribution < 1.29 is 9.90 Å². The highest BCUT2D eigenvalue weighted by atomic mass is 16.3. The van der Waals surface area contributed by atoms with E-state index in [-0.39, 0.29) is 18.6 Å². The summed E-state index contributed by atoms with van der Waals surface area (Å²) in [7, 11) is 0. The lowest BCUT2D eigenvalue weighted by atomic mass is 10.2. The van der Waals surface area contributed by atoms with Gasteiger partial charge in [0.25, 0.3) is 0 Å². The maximum Gasteiger partial charge on any atom is 0.242 e. The van der Waals surface area contributed by atoms with Gasteiger partial charge in [-0.1, -0.05) is 6.92 Å². The maximum atomic E-state index is 11.9. The third kappa shape index (κ3) is 2.45. The largest absolute Gasteiger partial charge is 0.394 e. The highest BCUT2D eigenvalue weighted by Gasteiger charge is 2.28. The smallest absolute Gasteiger partial charge is 0.242 e. The Morgan fingerprint density at radius 1 is 1.71 bits per heavy atom. The van der Waals surface area contributed by atoms with Crippen molar-refractivity contribution >= 4 is 5.91 Å². The van der Waals surface area contributed by atoms with Gasteiger partial charge in [-0.3, -0.25) is 4.79 Å². The van der Waals surface area contributed by atoms with Crippen molar-refractivity contribution in [3.8, 4) is 0 Å². The maximum absolute atomic E-state index is 11.9. The van der Waals surface area contributed by atoms with E-state index in [4.69, 9.17) is 5.11 Å². The van der Waals surface area contributed by atoms with Gasteiger partial charge in [0, 0.05) is 12.6 Å². The van der Waals surface area contributed by atoms with E-state index in [1.54, 1.807) is 0 Å². The second-order valence-corrected chi connectivity index (χ2v) is 3.83. The first-order valence-electron chi connectivity index (χ1n) is 5.35. The fourth-order valence-electron chi connectivity index (χ4n) is 1.72. The Kier molecular flexibility index (Phi) is 4.35. The molecule has 0 bridgehead atoms. The Bertz CT molecular complexity index is 197. The first-order valence-corrected chi connectivity index (χ1v) is 5.35. The van der Waals surface area contributed by atoms with Gasteiger partial charge in [0.2, 0.25) is 5.91 Å². The molecule has 4 heteroatoms. The van der Waals surface area contributed by atoms with E-state index >= 15 is 0 Å². The van der Waals surface area contributed by atoms with Crippen molar-refractivity contribution in [1.82, 2.24) is 10.2 Å². The molecule has 1 fully saturated rings. The fraction of sp³-hybridized carbons (Fsp3) is 0.900. The van der Waals surface area contributed by atoms with Crippen molar-refractivity contribution in [3.63, 3.8) is 0 Å². The predicted octanol–water partition coefficient (Wildman–Crippen LogP) is -0.0323. The highest BCUT2D eigenvalue weighted by Crippen LogP contribution is 2.09. The third-order valence-electron chi connectivity index (χ3n) is 2.85. The average Bonchev–Trinajstić information content (AvgIpc) is 2.39. The van der Waals surface area contributed by atoms with E-state index in [1.807, 2.05) is 4.90 Å². The lowest BCUT2D eigenvalue weighted by Gasteiger charge is -2.29. The number of aliphatic hydroxyl groups is 1. The van der Waals surface area contributed by atoms with Crippen LogP contribution >= 0.6 is 0 Å². The monoisotopic (exact) mass is 200 g/mol. The zero-order valence-electron chi connectivity index (χ0n) is 8.99. The summed E-state index contributed by atoms with van der Waals surface area (Å²) in [6.07, 6.45) is 1.93. The Hall–Kier alpha value is -0.610. The van der Waals surface area contributed by atoms with Gasteiger partial charge < -0.3 is 15.3 Å². The molecule has 82 valence electrons. The number of amides is 1. The van der Waals surface area contributed by atoms with Gasteiger partial charge in [0.05, 0.1) is 6.61 Å². The van der Waals surface area contributed by atoms with Crippen LogP contribution in [0.15, 0.2) is 0 Å². The van der Waals surface area contributed by atoms with Crippen LogP contribution in [0.25, 0.3) is 0 Å². The Morgan fingerprint density at radius 3 is 3.00 bits per heavy atom. The van der Waals surface area contributed by atoms with Crippen molar-refractivity contribution in [3.05, 3.63) is 0 Å². The quantitative estimate of drug-likeness (QED) is 0.672. The molecule has 0 aliphatic carbocycles. The second kappa shape index (κ2) is 5.32. The molecule has 0 aromatic carbocycles. The van der Waals surface area contributed by atoms with E-state index in [0.29, 0.717) is 0 Å². The third-order valence-corrected chi connectivity index (χ3v) is 2.85. The van der Waals surface area contributed by atoms with Crippen LogP contribution < -0.4 is 5.32 Å². The number of hydrogen-bond acceptors (Lipinski definition) is 3. The summed E-state index contributed by atoms with van der Waals surface area (Å²) in [4.78, 5) is 13.8. The number of carbonyl (C=O) groups excluding carboxylic acids is 1. The summed E-state index contributed by atoms with van der Waals surface area (Å²) < 4.78 is 0. The highest BCUT2D eigenvalue weighted by molar-refractivity contribution is 5.82. The van der Waals surface area contributed by atoms with Crippen LogP contribution in [-0.4, -0.2) is 47.7 Å². The van der Waals surface area contributed by atoms with E-state index in [1.165, 1.54) is 0 Å². The first kappa shape index (κ1) is 11.5. The van der Waals surface area contributed by atoms with Crippen LogP contribution in [0.1, 0.15) is 26.7 Å². The van der Waals surface area contributed by atoms with E-state index in [9.17, 15) is 4.79 Å². The number of nitrogens with zero attached hydrogens (tertiary/aromatic N) is 1. The number of carbonyl (C=O) groups is 1. The molecule has 1 rings (SSSR count). The van der Waals surface area contributed by atoms with Crippen molar-refractivity contribution in [2.24, 2.45) is 0 Å². The minimum atomic E-state index is -0.397. The molecular weight excluding hydrogens is 180 g/mol. The molecule has 0 aromatic rings. The lowest BCUT2D eigenvalue weighted by Crippen LogP contribution is -2.48. The molecule has 2 N–H and O–H groups in total. The molecule has 1 heterocycles. The van der Waals surface area contributed by atoms with Gasteiger partial charge in [-0.25, -0.2) is 0 Å². The summed E-state index contributed by atoms with van der Waals surface area (Å²) in [5.74, 6) is 0.0411. The summed E-state index contributed by atoms with van der Waals surface area (Å²) in [5.41, 5.74) is 0. The van der Waals surface area contributed by atoms with Crippen LogP contribution in [0.2, 0.25) is 0 Å². The Balaban J connectivity index is 2.67. The van der Waals surface area contributed by atoms with Gasteiger partial charge >= 0.3 is 0 Å². The van der Waals surface area contributed by atoms with Crippen LogP contribution in [-0.2, 0) is 4.79 Å². The standard InChI is InChI=1S/C10H20N2O2/c1-3-8(2)12-6-4-5-11-9(7-13)10(12)14/h8-9,11,13H,3-7H2,1-2H3. The molecule has 2 atom stereocenters. The SMILES string of the molecule is CCC(C)N1CCCNC(CO)C1=O. The van der Waals surface area contributed by atoms with Crippen molar-refractivity contribution in [1.29, 1.82) is 0 Å². The van der Waals surface area contributed by atoms with Crippen molar-refractivity contribution in [2.75, 3.05) is 19.7 Å². The molecule has 1 aliphatic rings. The van der Waals surface area contributed by atoms with Crippen LogP contribution in [0.4, 0.5) is 0 Å². The van der Waals surface area contributed by atoms with Crippen LogP contribution in [0, 0.1) is 0 Å². The molecule has 14 heavy (non-hydrogen) atoms. The molecule has 0 spiro atoms. The minimum Gasteiger partial charge on any atom is -0.394 e. The Labute approximate surface area is 85.3 Å². The van der Waals surface area contributed by atoms with E-state index in [0.717, 1.165) is 25.9 Å². The number of rotatable bonds is 3. The topological polar surface area (TPSA) is 52.6 Å². The van der Waals surface area contributed by atoms with E-state index in [2.05, 4.69) is 19.2 Å². The van der Waals surface area contributed by atoms with Gasteiger partial charge in [-0.05, 0) is 26.3 Å². The number of aliphatic hydroxyl groups excluding tert-OH is 1. The summed E-state index contributed by atoms with van der Waals surface area (Å²) >= 11 is 0. The molecule has 0 aromatic heterocycles. The summed E-state index contributed by atoms with van der Waals surface area (Å²) in [6.45, 7) is 5.63. The van der Waals surface area contributed by atoms with Gasteiger partial charge in [0.15, 0.2) is 0 Å². The van der Waals surface area contributed by atoms with Gasteiger partial charge in [0.1, 0.15) is 6.04 Å². The molecule has 4 nitrogen and oxygen atoms in total. The number of hydrogen-bond donors (Lipinski definition) is 2. The first-order chi connectivity index (χ1) is 6.70.